The second kappa shape index (κ2) is 7.83. The fourth-order valence-corrected chi connectivity index (χ4v) is 4.78. The molecule has 2 aliphatic rings. The topological polar surface area (TPSA) is 91.6 Å². The molecule has 7 nitrogen and oxygen atoms in total. The van der Waals surface area contributed by atoms with E-state index in [0.717, 1.165) is 5.56 Å². The van der Waals surface area contributed by atoms with Gasteiger partial charge in [0, 0.05) is 43.8 Å². The number of aliphatic hydroxyl groups excluding tert-OH is 1. The minimum absolute atomic E-state index is 0.0700. The van der Waals surface area contributed by atoms with E-state index in [1.165, 1.54) is 6.07 Å². The van der Waals surface area contributed by atoms with Gasteiger partial charge in [-0.3, -0.25) is 14.4 Å². The molecule has 2 aromatic rings. The average molecular weight is 395 g/mol. The first-order valence-corrected chi connectivity index (χ1v) is 10.00. The van der Waals surface area contributed by atoms with Crippen molar-refractivity contribution in [2.75, 3.05) is 6.61 Å². The van der Waals surface area contributed by atoms with Crippen LogP contribution >= 0.6 is 0 Å². The average Bonchev–Trinajstić information content (AvgIpc) is 2.99. The zero-order valence-corrected chi connectivity index (χ0v) is 16.3. The molecule has 0 spiro atoms. The molecule has 1 fully saturated rings. The van der Waals surface area contributed by atoms with Gasteiger partial charge in [0.15, 0.2) is 0 Å². The highest BCUT2D eigenvalue weighted by atomic mass is 16.3. The van der Waals surface area contributed by atoms with Gasteiger partial charge in [0.05, 0.1) is 18.0 Å². The van der Waals surface area contributed by atoms with Gasteiger partial charge in [0.25, 0.3) is 5.56 Å². The van der Waals surface area contributed by atoms with Crippen LogP contribution in [0.1, 0.15) is 30.6 Å². The van der Waals surface area contributed by atoms with E-state index in [1.54, 1.807) is 28.5 Å². The van der Waals surface area contributed by atoms with Crippen LogP contribution in [0.4, 0.5) is 0 Å². The lowest BCUT2D eigenvalue weighted by atomic mass is 9.86. The first kappa shape index (κ1) is 19.4. The first-order chi connectivity index (χ1) is 14.1. The van der Waals surface area contributed by atoms with Crippen molar-refractivity contribution in [3.8, 4) is 0 Å². The van der Waals surface area contributed by atoms with Crippen molar-refractivity contribution in [1.29, 1.82) is 0 Å². The van der Waals surface area contributed by atoms with Gasteiger partial charge in [-0.2, -0.15) is 0 Å². The third-order valence-electron chi connectivity index (χ3n) is 6.12. The van der Waals surface area contributed by atoms with Crippen molar-refractivity contribution >= 4 is 11.8 Å². The van der Waals surface area contributed by atoms with Crippen LogP contribution in [-0.2, 0) is 22.7 Å². The summed E-state index contributed by atoms with van der Waals surface area (Å²) in [6, 6.07) is 13.6. The van der Waals surface area contributed by atoms with E-state index in [9.17, 15) is 19.5 Å². The molecule has 2 amide bonds. The molecule has 2 bridgehead atoms. The van der Waals surface area contributed by atoms with Crippen LogP contribution in [0.3, 0.4) is 0 Å². The molecule has 0 saturated carbocycles. The van der Waals surface area contributed by atoms with E-state index < -0.39 is 17.9 Å². The molecule has 1 aromatic carbocycles. The maximum Gasteiger partial charge on any atom is 0.250 e. The third-order valence-corrected chi connectivity index (χ3v) is 6.12. The van der Waals surface area contributed by atoms with Crippen LogP contribution in [0, 0.1) is 11.8 Å². The molecule has 152 valence electrons. The Morgan fingerprint density at radius 1 is 1.14 bits per heavy atom. The van der Waals surface area contributed by atoms with Gasteiger partial charge in [-0.25, -0.2) is 0 Å². The number of carbonyl (C=O) groups is 2. The van der Waals surface area contributed by atoms with Gasteiger partial charge in [-0.15, -0.1) is 0 Å². The number of benzene rings is 1. The lowest BCUT2D eigenvalue weighted by Gasteiger charge is -2.38. The number of hydrogen-bond donors (Lipinski definition) is 2. The van der Waals surface area contributed by atoms with Crippen LogP contribution in [0.2, 0.25) is 0 Å². The van der Waals surface area contributed by atoms with Gasteiger partial charge in [-0.1, -0.05) is 43.3 Å². The maximum absolute atomic E-state index is 13.2. The van der Waals surface area contributed by atoms with Gasteiger partial charge >= 0.3 is 0 Å². The van der Waals surface area contributed by atoms with Crippen LogP contribution in [0.15, 0.2) is 53.3 Å². The minimum Gasteiger partial charge on any atom is -0.396 e. The molecular weight excluding hydrogens is 370 g/mol. The standard InChI is InChI=1S/C22H25N3O4/c1-2-18(27)25-17-12-24-16(9-6-10-19(24)28)21(25)20(15(17)13-26)22(29)23-11-14-7-4-3-5-8-14/h3-10,15,17,20-21,26H,2,11-13H2,1H3,(H,23,29)/t15-,17-,20+,21+/m1/s1. The predicted octanol–water partition coefficient (Wildman–Crippen LogP) is 1.06. The van der Waals surface area contributed by atoms with Crippen molar-refractivity contribution in [2.24, 2.45) is 11.8 Å². The molecule has 1 aromatic heterocycles. The Morgan fingerprint density at radius 2 is 1.90 bits per heavy atom. The van der Waals surface area contributed by atoms with Gasteiger partial charge in [-0.05, 0) is 11.6 Å². The summed E-state index contributed by atoms with van der Waals surface area (Å²) < 4.78 is 1.64. The molecule has 0 unspecified atom stereocenters. The molecular formula is C22H25N3O4. The predicted molar refractivity (Wildman–Crippen MR) is 107 cm³/mol. The normalized spacial score (nSPS) is 24.8. The maximum atomic E-state index is 13.2. The number of hydrogen-bond acceptors (Lipinski definition) is 4. The van der Waals surface area contributed by atoms with Crippen molar-refractivity contribution < 1.29 is 14.7 Å². The summed E-state index contributed by atoms with van der Waals surface area (Å²) in [4.78, 5) is 40.1. The number of carbonyl (C=O) groups excluding carboxylic acids is 2. The summed E-state index contributed by atoms with van der Waals surface area (Å²) >= 11 is 0. The number of fused-ring (bicyclic) bond motifs is 4. The molecule has 0 aliphatic carbocycles. The van der Waals surface area contributed by atoms with Crippen LogP contribution in [0.5, 0.6) is 0 Å². The van der Waals surface area contributed by atoms with E-state index in [1.807, 2.05) is 30.3 Å². The van der Waals surface area contributed by atoms with Crippen molar-refractivity contribution in [3.63, 3.8) is 0 Å². The zero-order valence-electron chi connectivity index (χ0n) is 16.3. The Bertz CT molecular complexity index is 972. The summed E-state index contributed by atoms with van der Waals surface area (Å²) in [5.41, 5.74) is 1.48. The summed E-state index contributed by atoms with van der Waals surface area (Å²) in [6.45, 7) is 2.23. The van der Waals surface area contributed by atoms with Crippen molar-refractivity contribution in [2.45, 2.75) is 38.5 Å². The quantitative estimate of drug-likeness (QED) is 0.792. The molecule has 0 radical (unpaired) electrons. The second-order valence-electron chi connectivity index (χ2n) is 7.64. The Morgan fingerprint density at radius 3 is 2.59 bits per heavy atom. The van der Waals surface area contributed by atoms with Crippen LogP contribution in [-0.4, -0.2) is 39.0 Å². The molecule has 3 heterocycles. The highest BCUT2D eigenvalue weighted by Crippen LogP contribution is 2.48. The Labute approximate surface area is 169 Å². The lowest BCUT2D eigenvalue weighted by Crippen LogP contribution is -2.48. The number of aromatic nitrogens is 1. The molecule has 29 heavy (non-hydrogen) atoms. The van der Waals surface area contributed by atoms with Crippen molar-refractivity contribution in [1.82, 2.24) is 14.8 Å². The minimum atomic E-state index is -0.611. The highest BCUT2D eigenvalue weighted by molar-refractivity contribution is 5.84. The SMILES string of the molecule is CCC(=O)N1[C@@H]2Cn3c(cccc3=O)[C@H]1[C@@H](C(=O)NCc1ccccc1)[C@@H]2CO. The number of nitrogens with zero attached hydrogens (tertiary/aromatic N) is 2. The number of aliphatic hydroxyl groups is 1. The van der Waals surface area contributed by atoms with E-state index in [2.05, 4.69) is 5.32 Å². The summed E-state index contributed by atoms with van der Waals surface area (Å²) in [7, 11) is 0. The molecule has 1 saturated heterocycles. The molecule has 2 N–H and O–H groups in total. The van der Waals surface area contributed by atoms with E-state index >= 15 is 0 Å². The van der Waals surface area contributed by atoms with Crippen LogP contribution in [0.25, 0.3) is 0 Å². The monoisotopic (exact) mass is 395 g/mol. The number of rotatable bonds is 5. The molecule has 7 heteroatoms. The van der Waals surface area contributed by atoms with Crippen molar-refractivity contribution in [3.05, 3.63) is 70.1 Å². The second-order valence-corrected chi connectivity index (χ2v) is 7.64. The van der Waals surface area contributed by atoms with Gasteiger partial charge in [0.2, 0.25) is 11.8 Å². The van der Waals surface area contributed by atoms with E-state index in [-0.39, 0.29) is 30.0 Å². The van der Waals surface area contributed by atoms with Crippen LogP contribution < -0.4 is 10.9 Å². The number of amides is 2. The Hall–Kier alpha value is -2.93. The van der Waals surface area contributed by atoms with E-state index in [4.69, 9.17) is 0 Å². The Balaban J connectivity index is 1.71. The first-order valence-electron chi connectivity index (χ1n) is 10.00. The molecule has 4 rings (SSSR count). The highest BCUT2D eigenvalue weighted by Gasteiger charge is 2.56. The largest absolute Gasteiger partial charge is 0.396 e. The fourth-order valence-electron chi connectivity index (χ4n) is 4.78. The van der Waals surface area contributed by atoms with E-state index in [0.29, 0.717) is 25.2 Å². The fraction of sp³-hybridized carbons (Fsp3) is 0.409. The third kappa shape index (κ3) is 3.25. The number of pyridine rings is 1. The lowest BCUT2D eigenvalue weighted by molar-refractivity contribution is -0.136. The molecule has 2 aliphatic heterocycles. The number of nitrogens with one attached hydrogen (secondary N) is 1. The van der Waals surface area contributed by atoms with Gasteiger partial charge in [0.1, 0.15) is 0 Å². The molecule has 4 atom stereocenters. The summed E-state index contributed by atoms with van der Waals surface area (Å²) in [5.74, 6) is -1.32. The van der Waals surface area contributed by atoms with Gasteiger partial charge < -0.3 is 19.9 Å². The smallest absolute Gasteiger partial charge is 0.250 e. The summed E-state index contributed by atoms with van der Waals surface area (Å²) in [6.07, 6.45) is 0.306. The summed E-state index contributed by atoms with van der Waals surface area (Å²) in [5, 5.41) is 13.1. The Kier molecular flexibility index (Phi) is 5.24. The zero-order chi connectivity index (χ0) is 20.5.